The lowest BCUT2D eigenvalue weighted by Crippen LogP contribution is -2.19. The molecule has 0 aliphatic rings. The van der Waals surface area contributed by atoms with Gasteiger partial charge >= 0.3 is 0 Å². The molecular formula is C12H21NOS. The Hall–Kier alpha value is -0.380. The lowest BCUT2D eigenvalue weighted by atomic mass is 10.3. The summed E-state index contributed by atoms with van der Waals surface area (Å²) in [5.41, 5.74) is 0. The second-order valence-electron chi connectivity index (χ2n) is 3.44. The monoisotopic (exact) mass is 227 g/mol. The topological polar surface area (TPSA) is 21.3 Å². The fourth-order valence-corrected chi connectivity index (χ4v) is 2.28. The van der Waals surface area contributed by atoms with E-state index in [0.717, 1.165) is 39.1 Å². The van der Waals surface area contributed by atoms with Gasteiger partial charge in [-0.25, -0.2) is 0 Å². The average Bonchev–Trinajstić information content (AvgIpc) is 2.71. The van der Waals surface area contributed by atoms with Crippen molar-refractivity contribution in [2.24, 2.45) is 0 Å². The van der Waals surface area contributed by atoms with Crippen molar-refractivity contribution in [2.45, 2.75) is 26.7 Å². The fraction of sp³-hybridized carbons (Fsp3) is 0.667. The molecule has 0 bridgehead atoms. The minimum Gasteiger partial charge on any atom is -0.380 e. The Bertz CT molecular complexity index is 260. The Morgan fingerprint density at radius 1 is 1.20 bits per heavy atom. The van der Waals surface area contributed by atoms with Crippen LogP contribution in [-0.4, -0.2) is 26.3 Å². The molecule has 0 saturated heterocycles. The maximum Gasteiger partial charge on any atom is 0.0591 e. The molecule has 0 aliphatic carbocycles. The van der Waals surface area contributed by atoms with Crippen molar-refractivity contribution in [3.63, 3.8) is 0 Å². The molecule has 0 radical (unpaired) electrons. The summed E-state index contributed by atoms with van der Waals surface area (Å²) in [7, 11) is 0. The van der Waals surface area contributed by atoms with Crippen LogP contribution in [0.4, 0.5) is 0 Å². The van der Waals surface area contributed by atoms with E-state index in [0.29, 0.717) is 0 Å². The Kier molecular flexibility index (Phi) is 6.64. The highest BCUT2D eigenvalue weighted by atomic mass is 32.1. The van der Waals surface area contributed by atoms with Gasteiger partial charge in [0.2, 0.25) is 0 Å². The highest BCUT2D eigenvalue weighted by Gasteiger charge is 1.98. The summed E-state index contributed by atoms with van der Waals surface area (Å²) >= 11 is 1.91. The first kappa shape index (κ1) is 12.7. The van der Waals surface area contributed by atoms with E-state index in [1.165, 1.54) is 9.75 Å². The van der Waals surface area contributed by atoms with Gasteiger partial charge in [0, 0.05) is 22.7 Å². The minimum atomic E-state index is 0.819. The van der Waals surface area contributed by atoms with Gasteiger partial charge in [0.1, 0.15) is 0 Å². The van der Waals surface area contributed by atoms with Crippen molar-refractivity contribution in [3.8, 4) is 0 Å². The largest absolute Gasteiger partial charge is 0.380 e. The van der Waals surface area contributed by atoms with Gasteiger partial charge in [-0.3, -0.25) is 0 Å². The Balaban J connectivity index is 2.04. The lowest BCUT2D eigenvalue weighted by molar-refractivity contribution is 0.140. The Morgan fingerprint density at radius 2 is 2.00 bits per heavy atom. The van der Waals surface area contributed by atoms with E-state index in [1.54, 1.807) is 0 Å². The molecule has 0 unspecified atom stereocenters. The number of hydrogen-bond acceptors (Lipinski definition) is 3. The van der Waals surface area contributed by atoms with E-state index >= 15 is 0 Å². The molecule has 0 spiro atoms. The molecule has 1 aromatic rings. The molecule has 1 heterocycles. The third kappa shape index (κ3) is 5.30. The first-order chi connectivity index (χ1) is 7.36. The van der Waals surface area contributed by atoms with Crippen LogP contribution >= 0.6 is 11.3 Å². The molecule has 0 fully saturated rings. The standard InChI is InChI=1S/C12H21NOS/c1-3-11-5-6-12(15-11)7-9-14-10-8-13-4-2/h5-6,13H,3-4,7-10H2,1-2H3. The van der Waals surface area contributed by atoms with E-state index < -0.39 is 0 Å². The Labute approximate surface area is 96.7 Å². The van der Waals surface area contributed by atoms with Crippen LogP contribution < -0.4 is 5.32 Å². The number of ether oxygens (including phenoxy) is 1. The van der Waals surface area contributed by atoms with Crippen LogP contribution in [0, 0.1) is 0 Å². The van der Waals surface area contributed by atoms with Crippen LogP contribution in [0.5, 0.6) is 0 Å². The molecule has 0 aromatic carbocycles. The van der Waals surface area contributed by atoms with Crippen LogP contribution in [0.3, 0.4) is 0 Å². The summed E-state index contributed by atoms with van der Waals surface area (Å²) in [6.07, 6.45) is 2.20. The summed E-state index contributed by atoms with van der Waals surface area (Å²) in [4.78, 5) is 2.91. The molecule has 0 aliphatic heterocycles. The molecule has 0 atom stereocenters. The van der Waals surface area contributed by atoms with Crippen molar-refractivity contribution in [2.75, 3.05) is 26.3 Å². The number of likely N-dealkylation sites (N-methyl/N-ethyl adjacent to an activating group) is 1. The van der Waals surface area contributed by atoms with Gasteiger partial charge in [-0.15, -0.1) is 11.3 Å². The van der Waals surface area contributed by atoms with Crippen molar-refractivity contribution in [1.29, 1.82) is 0 Å². The van der Waals surface area contributed by atoms with Gasteiger partial charge in [0.05, 0.1) is 13.2 Å². The highest BCUT2D eigenvalue weighted by Crippen LogP contribution is 2.17. The smallest absolute Gasteiger partial charge is 0.0591 e. The third-order valence-electron chi connectivity index (χ3n) is 2.23. The molecule has 1 rings (SSSR count). The average molecular weight is 227 g/mol. The van der Waals surface area contributed by atoms with Gasteiger partial charge in [0.15, 0.2) is 0 Å². The van der Waals surface area contributed by atoms with Crippen molar-refractivity contribution >= 4 is 11.3 Å². The summed E-state index contributed by atoms with van der Waals surface area (Å²) in [6.45, 7) is 7.95. The maximum absolute atomic E-state index is 5.53. The number of aryl methyl sites for hydroxylation is 1. The van der Waals surface area contributed by atoms with Gasteiger partial charge in [-0.2, -0.15) is 0 Å². The molecular weight excluding hydrogens is 206 g/mol. The first-order valence-corrected chi connectivity index (χ1v) is 6.54. The molecule has 86 valence electrons. The summed E-state index contributed by atoms with van der Waals surface area (Å²) in [6, 6.07) is 4.44. The maximum atomic E-state index is 5.53. The van der Waals surface area contributed by atoms with E-state index in [-0.39, 0.29) is 0 Å². The van der Waals surface area contributed by atoms with Crippen molar-refractivity contribution < 1.29 is 4.74 Å². The SMILES string of the molecule is CCNCCOCCc1ccc(CC)s1. The van der Waals surface area contributed by atoms with E-state index in [4.69, 9.17) is 4.74 Å². The lowest BCUT2D eigenvalue weighted by Gasteiger charge is -2.03. The van der Waals surface area contributed by atoms with Gasteiger partial charge in [-0.1, -0.05) is 13.8 Å². The molecule has 0 saturated carbocycles. The van der Waals surface area contributed by atoms with E-state index in [2.05, 4.69) is 31.3 Å². The van der Waals surface area contributed by atoms with Gasteiger partial charge in [0.25, 0.3) is 0 Å². The summed E-state index contributed by atoms with van der Waals surface area (Å²) < 4.78 is 5.53. The normalized spacial score (nSPS) is 10.8. The first-order valence-electron chi connectivity index (χ1n) is 5.72. The predicted molar refractivity (Wildman–Crippen MR) is 66.8 cm³/mol. The van der Waals surface area contributed by atoms with Gasteiger partial charge in [-0.05, 0) is 25.1 Å². The zero-order valence-corrected chi connectivity index (χ0v) is 10.5. The molecule has 2 nitrogen and oxygen atoms in total. The van der Waals surface area contributed by atoms with Crippen LogP contribution in [0.25, 0.3) is 0 Å². The Morgan fingerprint density at radius 3 is 2.67 bits per heavy atom. The molecule has 1 aromatic heterocycles. The fourth-order valence-electron chi connectivity index (χ4n) is 1.34. The summed E-state index contributed by atoms with van der Waals surface area (Å²) in [5, 5.41) is 3.24. The predicted octanol–water partition coefficient (Wildman–Crippen LogP) is 2.48. The number of rotatable bonds is 8. The summed E-state index contributed by atoms with van der Waals surface area (Å²) in [5.74, 6) is 0. The van der Waals surface area contributed by atoms with Crippen LogP contribution in [0.1, 0.15) is 23.6 Å². The van der Waals surface area contributed by atoms with Crippen molar-refractivity contribution in [3.05, 3.63) is 21.9 Å². The van der Waals surface area contributed by atoms with Crippen LogP contribution in [0.15, 0.2) is 12.1 Å². The van der Waals surface area contributed by atoms with E-state index in [1.807, 2.05) is 11.3 Å². The number of thiophene rings is 1. The van der Waals surface area contributed by atoms with Crippen molar-refractivity contribution in [1.82, 2.24) is 5.32 Å². The van der Waals surface area contributed by atoms with Gasteiger partial charge < -0.3 is 10.1 Å². The number of hydrogen-bond donors (Lipinski definition) is 1. The van der Waals surface area contributed by atoms with Crippen LogP contribution in [-0.2, 0) is 17.6 Å². The van der Waals surface area contributed by atoms with E-state index in [9.17, 15) is 0 Å². The second kappa shape index (κ2) is 7.85. The minimum absolute atomic E-state index is 0.819. The van der Waals surface area contributed by atoms with Crippen LogP contribution in [0.2, 0.25) is 0 Å². The highest BCUT2D eigenvalue weighted by molar-refractivity contribution is 7.11. The number of nitrogens with one attached hydrogen (secondary N) is 1. The third-order valence-corrected chi connectivity index (χ3v) is 3.52. The quantitative estimate of drug-likeness (QED) is 0.689. The molecule has 3 heteroatoms. The second-order valence-corrected chi connectivity index (χ2v) is 4.69. The molecule has 0 amide bonds. The molecule has 15 heavy (non-hydrogen) atoms. The zero-order valence-electron chi connectivity index (χ0n) is 9.71. The molecule has 1 N–H and O–H groups in total. The zero-order chi connectivity index (χ0) is 10.9.